The lowest BCUT2D eigenvalue weighted by Gasteiger charge is -2.43. The Hall–Kier alpha value is -3.85. The summed E-state index contributed by atoms with van der Waals surface area (Å²) in [4.78, 5) is 29.5. The molecular weight excluding hydrogens is 470 g/mol. The summed E-state index contributed by atoms with van der Waals surface area (Å²) in [5, 5.41) is 9.37. The summed E-state index contributed by atoms with van der Waals surface area (Å²) >= 11 is 1.50. The Kier molecular flexibility index (Phi) is 5.94. The normalized spacial score (nSPS) is 17.3. The molecule has 0 saturated heterocycles. The van der Waals surface area contributed by atoms with Crippen molar-refractivity contribution in [2.45, 2.75) is 32.1 Å². The van der Waals surface area contributed by atoms with E-state index in [1.807, 2.05) is 17.5 Å². The standard InChI is InChI=1S/C26H22F2N4O2S/c1-26(25(34)29-14-17-8-10-19(27)11-9-17)16-32-22(13-21(30-32)23-7-4-12-35-23)24(33)31(26)15-18-5-2-3-6-20(18)28/h2-13H,14-16H2,1H3,(H,29,34). The van der Waals surface area contributed by atoms with E-state index >= 15 is 0 Å². The number of benzene rings is 2. The zero-order chi connectivity index (χ0) is 24.6. The van der Waals surface area contributed by atoms with Crippen LogP contribution in [-0.2, 0) is 24.4 Å². The minimum absolute atomic E-state index is 0.0779. The maximum atomic E-state index is 14.5. The lowest BCUT2D eigenvalue weighted by atomic mass is 9.94. The van der Waals surface area contributed by atoms with Gasteiger partial charge in [-0.1, -0.05) is 36.4 Å². The van der Waals surface area contributed by atoms with Crippen molar-refractivity contribution in [2.75, 3.05) is 0 Å². The molecule has 6 nitrogen and oxygen atoms in total. The summed E-state index contributed by atoms with van der Waals surface area (Å²) in [6.07, 6.45) is 0. The Morgan fingerprint density at radius 1 is 1.11 bits per heavy atom. The van der Waals surface area contributed by atoms with Gasteiger partial charge in [0.2, 0.25) is 5.91 Å². The third kappa shape index (κ3) is 4.35. The van der Waals surface area contributed by atoms with Gasteiger partial charge in [-0.15, -0.1) is 11.3 Å². The summed E-state index contributed by atoms with van der Waals surface area (Å²) in [5.74, 6) is -1.64. The summed E-state index contributed by atoms with van der Waals surface area (Å²) < 4.78 is 29.3. The van der Waals surface area contributed by atoms with Crippen molar-refractivity contribution in [1.82, 2.24) is 20.0 Å². The van der Waals surface area contributed by atoms with Crippen LogP contribution in [0.1, 0.15) is 28.5 Å². The molecule has 2 amide bonds. The molecule has 0 radical (unpaired) electrons. The van der Waals surface area contributed by atoms with Crippen molar-refractivity contribution in [1.29, 1.82) is 0 Å². The molecule has 2 aromatic carbocycles. The molecular formula is C26H22F2N4O2S. The van der Waals surface area contributed by atoms with Crippen LogP contribution in [0.5, 0.6) is 0 Å². The maximum absolute atomic E-state index is 14.5. The van der Waals surface area contributed by atoms with E-state index < -0.39 is 23.2 Å². The zero-order valence-corrected chi connectivity index (χ0v) is 19.7. The van der Waals surface area contributed by atoms with E-state index in [9.17, 15) is 18.4 Å². The largest absolute Gasteiger partial charge is 0.350 e. The predicted molar refractivity (Wildman–Crippen MR) is 128 cm³/mol. The van der Waals surface area contributed by atoms with Crippen LogP contribution in [0.15, 0.2) is 72.1 Å². The van der Waals surface area contributed by atoms with Gasteiger partial charge >= 0.3 is 0 Å². The Balaban J connectivity index is 1.49. The number of hydrogen-bond donors (Lipinski definition) is 1. The quantitative estimate of drug-likeness (QED) is 0.427. The molecule has 2 aromatic heterocycles. The lowest BCUT2D eigenvalue weighted by Crippen LogP contribution is -2.63. The van der Waals surface area contributed by atoms with Crippen LogP contribution in [0.25, 0.3) is 10.6 Å². The number of nitrogens with zero attached hydrogens (tertiary/aromatic N) is 3. The third-order valence-corrected chi connectivity index (χ3v) is 7.11. The van der Waals surface area contributed by atoms with Crippen molar-refractivity contribution in [3.05, 3.63) is 101 Å². The fourth-order valence-electron chi connectivity index (χ4n) is 4.21. The number of halogens is 2. The molecule has 1 N–H and O–H groups in total. The minimum atomic E-state index is -1.34. The van der Waals surface area contributed by atoms with Crippen LogP contribution < -0.4 is 5.32 Å². The number of thiophene rings is 1. The van der Waals surface area contributed by atoms with Gasteiger partial charge in [0.15, 0.2) is 0 Å². The minimum Gasteiger partial charge on any atom is -0.350 e. The highest BCUT2D eigenvalue weighted by atomic mass is 32.1. The molecule has 3 heterocycles. The predicted octanol–water partition coefficient (Wildman–Crippen LogP) is 4.62. The van der Waals surface area contributed by atoms with Crippen LogP contribution in [-0.4, -0.2) is 32.0 Å². The molecule has 1 atom stereocenters. The molecule has 178 valence electrons. The molecule has 0 aliphatic carbocycles. The summed E-state index contributed by atoms with van der Waals surface area (Å²) in [5.41, 5.74) is 0.667. The van der Waals surface area contributed by atoms with Crippen LogP contribution >= 0.6 is 11.3 Å². The van der Waals surface area contributed by atoms with Crippen molar-refractivity contribution < 1.29 is 18.4 Å². The molecule has 0 saturated carbocycles. The average molecular weight is 493 g/mol. The molecule has 5 rings (SSSR count). The second-order valence-electron chi connectivity index (χ2n) is 8.62. The lowest BCUT2D eigenvalue weighted by molar-refractivity contribution is -0.133. The Morgan fingerprint density at radius 3 is 2.60 bits per heavy atom. The monoisotopic (exact) mass is 492 g/mol. The highest BCUT2D eigenvalue weighted by Gasteiger charge is 2.48. The van der Waals surface area contributed by atoms with Crippen molar-refractivity contribution in [3.8, 4) is 10.6 Å². The zero-order valence-electron chi connectivity index (χ0n) is 18.9. The number of nitrogens with one attached hydrogen (secondary N) is 1. The SMILES string of the molecule is CC1(C(=O)NCc2ccc(F)cc2)Cn2nc(-c3cccs3)cc2C(=O)N1Cc1ccccc1F. The summed E-state index contributed by atoms with van der Waals surface area (Å²) in [6.45, 7) is 1.83. The van der Waals surface area contributed by atoms with Gasteiger partial charge in [0.05, 0.1) is 18.0 Å². The van der Waals surface area contributed by atoms with E-state index in [1.165, 1.54) is 34.4 Å². The number of hydrogen-bond acceptors (Lipinski definition) is 4. The molecule has 0 spiro atoms. The van der Waals surface area contributed by atoms with Crippen molar-refractivity contribution in [3.63, 3.8) is 0 Å². The highest BCUT2D eigenvalue weighted by molar-refractivity contribution is 7.13. The van der Waals surface area contributed by atoms with Crippen molar-refractivity contribution in [2.24, 2.45) is 0 Å². The summed E-state index contributed by atoms with van der Waals surface area (Å²) in [6, 6.07) is 17.5. The Bertz CT molecular complexity index is 1380. The Morgan fingerprint density at radius 2 is 1.89 bits per heavy atom. The molecule has 4 aromatic rings. The molecule has 9 heteroatoms. The number of fused-ring (bicyclic) bond motifs is 1. The average Bonchev–Trinajstić information content (AvgIpc) is 3.52. The van der Waals surface area contributed by atoms with Gasteiger partial charge in [0, 0.05) is 12.1 Å². The summed E-state index contributed by atoms with van der Waals surface area (Å²) in [7, 11) is 0. The van der Waals surface area contributed by atoms with Crippen LogP contribution in [0.3, 0.4) is 0 Å². The van der Waals surface area contributed by atoms with Gasteiger partial charge < -0.3 is 10.2 Å². The first-order chi connectivity index (χ1) is 16.8. The third-order valence-electron chi connectivity index (χ3n) is 6.21. The van der Waals surface area contributed by atoms with Gasteiger partial charge in [0.1, 0.15) is 28.6 Å². The molecule has 1 aliphatic rings. The van der Waals surface area contributed by atoms with E-state index in [2.05, 4.69) is 10.4 Å². The number of amides is 2. The fraction of sp³-hybridized carbons (Fsp3) is 0.192. The van der Waals surface area contributed by atoms with Gasteiger partial charge in [-0.25, -0.2) is 8.78 Å². The topological polar surface area (TPSA) is 67.2 Å². The van der Waals surface area contributed by atoms with E-state index in [-0.39, 0.29) is 25.5 Å². The van der Waals surface area contributed by atoms with E-state index in [0.29, 0.717) is 22.5 Å². The number of rotatable bonds is 6. The Labute approximate surface area is 204 Å². The molecule has 35 heavy (non-hydrogen) atoms. The smallest absolute Gasteiger partial charge is 0.273 e. The fourth-order valence-corrected chi connectivity index (χ4v) is 4.89. The second kappa shape index (κ2) is 9.07. The van der Waals surface area contributed by atoms with Crippen LogP contribution in [0.2, 0.25) is 0 Å². The van der Waals surface area contributed by atoms with E-state index in [0.717, 1.165) is 4.88 Å². The number of carbonyl (C=O) groups is 2. The maximum Gasteiger partial charge on any atom is 0.273 e. The molecule has 0 bridgehead atoms. The van der Waals surface area contributed by atoms with Crippen molar-refractivity contribution >= 4 is 23.2 Å². The van der Waals surface area contributed by atoms with Gasteiger partial charge in [0.25, 0.3) is 5.91 Å². The number of carbonyl (C=O) groups excluding carboxylic acids is 2. The first kappa shape index (κ1) is 22.9. The van der Waals surface area contributed by atoms with E-state index in [1.54, 1.807) is 48.0 Å². The highest BCUT2D eigenvalue weighted by Crippen LogP contribution is 2.33. The van der Waals surface area contributed by atoms with Crippen LogP contribution in [0.4, 0.5) is 8.78 Å². The molecule has 1 unspecified atom stereocenters. The van der Waals surface area contributed by atoms with Gasteiger partial charge in [-0.2, -0.15) is 5.10 Å². The van der Waals surface area contributed by atoms with E-state index in [4.69, 9.17) is 0 Å². The van der Waals surface area contributed by atoms with Crippen LogP contribution in [0, 0.1) is 11.6 Å². The first-order valence-electron chi connectivity index (χ1n) is 11.0. The number of aromatic nitrogens is 2. The second-order valence-corrected chi connectivity index (χ2v) is 9.56. The molecule has 0 fully saturated rings. The molecule has 1 aliphatic heterocycles. The first-order valence-corrected chi connectivity index (χ1v) is 11.9. The van der Waals surface area contributed by atoms with Gasteiger partial charge in [-0.05, 0) is 48.2 Å². The van der Waals surface area contributed by atoms with Gasteiger partial charge in [-0.3, -0.25) is 14.3 Å².